The van der Waals surface area contributed by atoms with Crippen LogP contribution in [0.4, 0.5) is 4.79 Å². The molecule has 1 aromatic rings. The fourth-order valence-corrected chi connectivity index (χ4v) is 4.63. The summed E-state index contributed by atoms with van der Waals surface area (Å²) in [4.78, 5) is 40.9. The van der Waals surface area contributed by atoms with Gasteiger partial charge in [-0.05, 0) is 42.8 Å². The van der Waals surface area contributed by atoms with Crippen LogP contribution in [0.5, 0.6) is 0 Å². The molecule has 0 unspecified atom stereocenters. The second kappa shape index (κ2) is 7.72. The minimum absolute atomic E-state index is 0.153. The van der Waals surface area contributed by atoms with Crippen LogP contribution < -0.4 is 0 Å². The SMILES string of the molecule is O=C(CN1C(=O)SC(=Cc2ccc(Cl)s2)C1=O)N1CCCCCC1. The van der Waals surface area contributed by atoms with Gasteiger partial charge in [-0.15, -0.1) is 11.3 Å². The lowest BCUT2D eigenvalue weighted by Crippen LogP contribution is -2.42. The normalized spacial score (nSPS) is 20.8. The van der Waals surface area contributed by atoms with E-state index in [1.54, 1.807) is 23.1 Å². The predicted molar refractivity (Wildman–Crippen MR) is 97.1 cm³/mol. The first-order chi connectivity index (χ1) is 11.5. The van der Waals surface area contributed by atoms with Gasteiger partial charge >= 0.3 is 0 Å². The summed E-state index contributed by atoms with van der Waals surface area (Å²) in [5.74, 6) is -0.558. The van der Waals surface area contributed by atoms with Crippen LogP contribution in [0.3, 0.4) is 0 Å². The van der Waals surface area contributed by atoms with Crippen molar-refractivity contribution in [1.29, 1.82) is 0 Å². The fraction of sp³-hybridized carbons (Fsp3) is 0.438. The molecule has 0 N–H and O–H groups in total. The van der Waals surface area contributed by atoms with Crippen LogP contribution in [-0.2, 0) is 9.59 Å². The van der Waals surface area contributed by atoms with Crippen molar-refractivity contribution in [2.45, 2.75) is 25.7 Å². The molecule has 0 atom stereocenters. The molecule has 2 aliphatic rings. The number of amides is 3. The topological polar surface area (TPSA) is 57.7 Å². The van der Waals surface area contributed by atoms with E-state index < -0.39 is 11.1 Å². The van der Waals surface area contributed by atoms with Gasteiger partial charge in [0.15, 0.2) is 0 Å². The molecular formula is C16H17ClN2O3S2. The number of halogens is 1. The van der Waals surface area contributed by atoms with E-state index >= 15 is 0 Å². The van der Waals surface area contributed by atoms with Crippen LogP contribution in [0.25, 0.3) is 6.08 Å². The van der Waals surface area contributed by atoms with E-state index in [1.807, 2.05) is 0 Å². The van der Waals surface area contributed by atoms with Gasteiger partial charge in [-0.1, -0.05) is 24.4 Å². The lowest BCUT2D eigenvalue weighted by atomic mass is 10.2. The highest BCUT2D eigenvalue weighted by Gasteiger charge is 2.37. The van der Waals surface area contributed by atoms with Gasteiger partial charge in [0, 0.05) is 18.0 Å². The highest BCUT2D eigenvalue weighted by molar-refractivity contribution is 8.18. The summed E-state index contributed by atoms with van der Waals surface area (Å²) in [5, 5.41) is -0.392. The number of carbonyl (C=O) groups excluding carboxylic acids is 3. The van der Waals surface area contributed by atoms with Gasteiger partial charge in [0.25, 0.3) is 11.1 Å². The summed E-state index contributed by atoms with van der Waals surface area (Å²) >= 11 is 8.08. The van der Waals surface area contributed by atoms with Crippen molar-refractivity contribution in [1.82, 2.24) is 9.80 Å². The lowest BCUT2D eigenvalue weighted by Gasteiger charge is -2.22. The number of rotatable bonds is 3. The zero-order valence-electron chi connectivity index (χ0n) is 13.0. The molecule has 0 aromatic carbocycles. The monoisotopic (exact) mass is 384 g/mol. The minimum atomic E-state index is -0.405. The Morgan fingerprint density at radius 1 is 1.17 bits per heavy atom. The van der Waals surface area contributed by atoms with Gasteiger partial charge < -0.3 is 4.90 Å². The molecule has 3 heterocycles. The van der Waals surface area contributed by atoms with Gasteiger partial charge in [-0.2, -0.15) is 0 Å². The average molecular weight is 385 g/mol. The van der Waals surface area contributed by atoms with Crippen molar-refractivity contribution in [3.05, 3.63) is 26.3 Å². The van der Waals surface area contributed by atoms with Crippen molar-refractivity contribution < 1.29 is 14.4 Å². The van der Waals surface area contributed by atoms with E-state index in [0.717, 1.165) is 47.2 Å². The maximum atomic E-state index is 12.4. The Kier molecular flexibility index (Phi) is 5.63. The van der Waals surface area contributed by atoms with Crippen LogP contribution in [0.1, 0.15) is 30.6 Å². The molecule has 2 saturated heterocycles. The molecule has 0 bridgehead atoms. The highest BCUT2D eigenvalue weighted by atomic mass is 35.5. The van der Waals surface area contributed by atoms with Crippen LogP contribution in [-0.4, -0.2) is 46.5 Å². The lowest BCUT2D eigenvalue weighted by molar-refractivity contribution is -0.135. The highest BCUT2D eigenvalue weighted by Crippen LogP contribution is 2.34. The summed E-state index contributed by atoms with van der Waals surface area (Å²) in [6, 6.07) is 3.54. The molecule has 128 valence electrons. The fourth-order valence-electron chi connectivity index (χ4n) is 2.73. The molecular weight excluding hydrogens is 368 g/mol. The largest absolute Gasteiger partial charge is 0.341 e. The number of nitrogens with zero attached hydrogens (tertiary/aromatic N) is 2. The molecule has 0 radical (unpaired) electrons. The zero-order chi connectivity index (χ0) is 17.1. The van der Waals surface area contributed by atoms with Gasteiger partial charge in [0.2, 0.25) is 5.91 Å². The second-order valence-corrected chi connectivity index (χ2v) is 8.44. The Balaban J connectivity index is 1.67. The van der Waals surface area contributed by atoms with E-state index in [-0.39, 0.29) is 12.5 Å². The first kappa shape index (κ1) is 17.5. The molecule has 0 spiro atoms. The van der Waals surface area contributed by atoms with Crippen molar-refractivity contribution in [2.75, 3.05) is 19.6 Å². The van der Waals surface area contributed by atoms with E-state index in [9.17, 15) is 14.4 Å². The second-order valence-electron chi connectivity index (χ2n) is 5.70. The first-order valence-electron chi connectivity index (χ1n) is 7.83. The van der Waals surface area contributed by atoms with Gasteiger partial charge in [-0.25, -0.2) is 0 Å². The van der Waals surface area contributed by atoms with Crippen LogP contribution in [0.15, 0.2) is 17.0 Å². The third kappa shape index (κ3) is 4.02. The summed E-state index contributed by atoms with van der Waals surface area (Å²) < 4.78 is 0.622. The van der Waals surface area contributed by atoms with Crippen LogP contribution >= 0.6 is 34.7 Å². The summed E-state index contributed by atoms with van der Waals surface area (Å²) in [5.41, 5.74) is 0. The van der Waals surface area contributed by atoms with Crippen LogP contribution in [0, 0.1) is 0 Å². The molecule has 3 rings (SSSR count). The smallest absolute Gasteiger partial charge is 0.294 e. The molecule has 0 saturated carbocycles. The average Bonchev–Trinajstić information content (AvgIpc) is 2.94. The molecule has 2 aliphatic heterocycles. The molecule has 2 fully saturated rings. The Morgan fingerprint density at radius 2 is 1.88 bits per heavy atom. The number of likely N-dealkylation sites (tertiary alicyclic amines) is 1. The Bertz CT molecular complexity index is 693. The van der Waals surface area contributed by atoms with Crippen molar-refractivity contribution in [3.8, 4) is 0 Å². The number of thioether (sulfide) groups is 1. The van der Waals surface area contributed by atoms with Crippen molar-refractivity contribution >= 4 is 57.8 Å². The van der Waals surface area contributed by atoms with Crippen molar-refractivity contribution in [3.63, 3.8) is 0 Å². The van der Waals surface area contributed by atoms with Gasteiger partial charge in [-0.3, -0.25) is 19.3 Å². The number of imide groups is 1. The third-order valence-corrected chi connectivity index (χ3v) is 6.08. The summed E-state index contributed by atoms with van der Waals surface area (Å²) in [6.45, 7) is 1.24. The molecule has 8 heteroatoms. The standard InChI is InChI=1S/C16H17ClN2O3S2/c17-13-6-5-11(23-13)9-12-15(21)19(16(22)24-12)10-14(20)18-7-3-1-2-4-8-18/h5-6,9H,1-4,7-8,10H2. The predicted octanol–water partition coefficient (Wildman–Crippen LogP) is 3.84. The Hall–Kier alpha value is -1.31. The number of carbonyl (C=O) groups is 3. The van der Waals surface area contributed by atoms with E-state index in [2.05, 4.69) is 0 Å². The summed E-state index contributed by atoms with van der Waals surface area (Å²) in [7, 11) is 0. The molecule has 0 aliphatic carbocycles. The zero-order valence-corrected chi connectivity index (χ0v) is 15.4. The quantitative estimate of drug-likeness (QED) is 0.743. The minimum Gasteiger partial charge on any atom is -0.341 e. The molecule has 3 amide bonds. The van der Waals surface area contributed by atoms with Gasteiger partial charge in [0.05, 0.1) is 9.24 Å². The molecule has 24 heavy (non-hydrogen) atoms. The Morgan fingerprint density at radius 3 is 2.50 bits per heavy atom. The molecule has 1 aromatic heterocycles. The van der Waals surface area contributed by atoms with Crippen molar-refractivity contribution in [2.24, 2.45) is 0 Å². The van der Waals surface area contributed by atoms with E-state index in [0.29, 0.717) is 22.3 Å². The summed E-state index contributed by atoms with van der Waals surface area (Å²) in [6.07, 6.45) is 5.85. The van der Waals surface area contributed by atoms with E-state index in [1.165, 1.54) is 11.3 Å². The number of hydrogen-bond donors (Lipinski definition) is 0. The van der Waals surface area contributed by atoms with E-state index in [4.69, 9.17) is 11.6 Å². The molecule has 5 nitrogen and oxygen atoms in total. The first-order valence-corrected chi connectivity index (χ1v) is 9.84. The van der Waals surface area contributed by atoms with Crippen LogP contribution in [0.2, 0.25) is 4.34 Å². The number of thiophene rings is 1. The Labute approximate surface area is 153 Å². The third-order valence-electron chi connectivity index (χ3n) is 3.99. The maximum absolute atomic E-state index is 12.4. The number of hydrogen-bond acceptors (Lipinski definition) is 5. The maximum Gasteiger partial charge on any atom is 0.294 e. The van der Waals surface area contributed by atoms with Gasteiger partial charge in [0.1, 0.15) is 6.54 Å².